The lowest BCUT2D eigenvalue weighted by molar-refractivity contribution is 0.0690. The van der Waals surface area contributed by atoms with Crippen LogP contribution < -0.4 is 4.72 Å². The zero-order valence-corrected chi connectivity index (χ0v) is 11.0. The van der Waals surface area contributed by atoms with E-state index >= 15 is 0 Å². The topological polar surface area (TPSA) is 109 Å². The molecule has 2 aromatic heterocycles. The lowest BCUT2D eigenvalue weighted by atomic mass is 10.2. The minimum atomic E-state index is -3.64. The van der Waals surface area contributed by atoms with Crippen molar-refractivity contribution >= 4 is 16.0 Å². The van der Waals surface area contributed by atoms with Crippen LogP contribution in [0.5, 0.6) is 0 Å². The second-order valence-corrected chi connectivity index (χ2v) is 5.64. The van der Waals surface area contributed by atoms with E-state index in [1.54, 1.807) is 0 Å². The van der Waals surface area contributed by atoms with Crippen LogP contribution in [0.15, 0.2) is 47.8 Å². The summed E-state index contributed by atoms with van der Waals surface area (Å²) in [5, 5.41) is 8.70. The predicted octanol–water partition coefficient (Wildman–Crippen LogP) is 0.653. The smallest absolute Gasteiger partial charge is 0.354 e. The Labute approximate surface area is 115 Å². The summed E-state index contributed by atoms with van der Waals surface area (Å²) >= 11 is 0. The number of nitrogens with zero attached hydrogens (tertiary/aromatic N) is 2. The molecule has 8 heteroatoms. The Morgan fingerprint density at radius 3 is 2.60 bits per heavy atom. The summed E-state index contributed by atoms with van der Waals surface area (Å²) in [6.45, 7) is 0.0180. The molecular weight excluding hydrogens is 282 g/mol. The van der Waals surface area contributed by atoms with E-state index in [0.29, 0.717) is 5.56 Å². The molecule has 0 aliphatic carbocycles. The SMILES string of the molecule is O=C(O)c1ccc(CNS(=O)(=O)c2cccnc2)cn1. The van der Waals surface area contributed by atoms with Gasteiger partial charge in [0.2, 0.25) is 10.0 Å². The Balaban J connectivity index is 2.07. The van der Waals surface area contributed by atoms with E-state index in [9.17, 15) is 13.2 Å². The number of sulfonamides is 1. The Kier molecular flexibility index (Phi) is 4.06. The fourth-order valence-electron chi connectivity index (χ4n) is 1.42. The predicted molar refractivity (Wildman–Crippen MR) is 69.5 cm³/mol. The number of carboxylic acid groups (broad SMARTS) is 1. The molecule has 0 fully saturated rings. The lowest BCUT2D eigenvalue weighted by Crippen LogP contribution is -2.23. The van der Waals surface area contributed by atoms with Crippen molar-refractivity contribution in [1.82, 2.24) is 14.7 Å². The maximum Gasteiger partial charge on any atom is 0.354 e. The van der Waals surface area contributed by atoms with E-state index in [2.05, 4.69) is 14.7 Å². The minimum absolute atomic E-state index is 0.0180. The van der Waals surface area contributed by atoms with E-state index in [4.69, 9.17) is 5.11 Å². The van der Waals surface area contributed by atoms with Gasteiger partial charge in [0.1, 0.15) is 10.6 Å². The highest BCUT2D eigenvalue weighted by atomic mass is 32.2. The van der Waals surface area contributed by atoms with E-state index in [-0.39, 0.29) is 17.1 Å². The van der Waals surface area contributed by atoms with Crippen molar-refractivity contribution in [2.24, 2.45) is 0 Å². The fourth-order valence-corrected chi connectivity index (χ4v) is 2.40. The summed E-state index contributed by atoms with van der Waals surface area (Å²) in [4.78, 5) is 18.1. The molecule has 0 aromatic carbocycles. The molecule has 0 aliphatic heterocycles. The normalized spacial score (nSPS) is 11.2. The van der Waals surface area contributed by atoms with Gasteiger partial charge >= 0.3 is 5.97 Å². The van der Waals surface area contributed by atoms with Crippen molar-refractivity contribution in [1.29, 1.82) is 0 Å². The van der Waals surface area contributed by atoms with Gasteiger partial charge in [0.25, 0.3) is 0 Å². The van der Waals surface area contributed by atoms with Gasteiger partial charge in [0, 0.05) is 25.1 Å². The van der Waals surface area contributed by atoms with Gasteiger partial charge in [-0.05, 0) is 23.8 Å². The molecule has 2 N–H and O–H groups in total. The molecule has 0 unspecified atom stereocenters. The summed E-state index contributed by atoms with van der Waals surface area (Å²) in [7, 11) is -3.64. The first-order valence-electron chi connectivity index (χ1n) is 5.57. The Hall–Kier alpha value is -2.32. The second kappa shape index (κ2) is 5.76. The van der Waals surface area contributed by atoms with Crippen LogP contribution in [-0.2, 0) is 16.6 Å². The van der Waals surface area contributed by atoms with Crippen molar-refractivity contribution in [2.45, 2.75) is 11.4 Å². The van der Waals surface area contributed by atoms with Gasteiger partial charge in [-0.25, -0.2) is 22.9 Å². The minimum Gasteiger partial charge on any atom is -0.477 e. The highest BCUT2D eigenvalue weighted by Gasteiger charge is 2.13. The van der Waals surface area contributed by atoms with Crippen LogP contribution in [0.3, 0.4) is 0 Å². The number of carbonyl (C=O) groups is 1. The molecule has 0 radical (unpaired) electrons. The van der Waals surface area contributed by atoms with E-state index in [0.717, 1.165) is 0 Å². The van der Waals surface area contributed by atoms with Crippen LogP contribution in [0.4, 0.5) is 0 Å². The van der Waals surface area contributed by atoms with E-state index < -0.39 is 16.0 Å². The van der Waals surface area contributed by atoms with Crippen LogP contribution in [0.25, 0.3) is 0 Å². The number of nitrogens with one attached hydrogen (secondary N) is 1. The average molecular weight is 293 g/mol. The van der Waals surface area contributed by atoms with Crippen LogP contribution in [-0.4, -0.2) is 29.5 Å². The number of aromatic carboxylic acids is 1. The average Bonchev–Trinajstić information content (AvgIpc) is 2.46. The summed E-state index contributed by atoms with van der Waals surface area (Å²) in [5.74, 6) is -1.13. The van der Waals surface area contributed by atoms with Crippen molar-refractivity contribution < 1.29 is 18.3 Å². The van der Waals surface area contributed by atoms with Gasteiger partial charge in [-0.15, -0.1) is 0 Å². The molecule has 0 saturated heterocycles. The first-order chi connectivity index (χ1) is 9.49. The molecule has 0 aliphatic rings. The second-order valence-electron chi connectivity index (χ2n) is 3.87. The maximum absolute atomic E-state index is 11.9. The third-order valence-electron chi connectivity index (χ3n) is 2.45. The van der Waals surface area contributed by atoms with Crippen LogP contribution in [0, 0.1) is 0 Å². The molecule has 0 saturated carbocycles. The highest BCUT2D eigenvalue weighted by molar-refractivity contribution is 7.89. The van der Waals surface area contributed by atoms with Gasteiger partial charge in [-0.1, -0.05) is 6.07 Å². The Bertz CT molecular complexity index is 699. The summed E-state index contributed by atoms with van der Waals surface area (Å²) in [6, 6.07) is 5.77. The Morgan fingerprint density at radius 2 is 2.05 bits per heavy atom. The van der Waals surface area contributed by atoms with Crippen LogP contribution in [0.1, 0.15) is 16.1 Å². The molecule has 0 spiro atoms. The zero-order chi connectivity index (χ0) is 14.6. The number of hydrogen-bond donors (Lipinski definition) is 2. The molecule has 0 atom stereocenters. The Morgan fingerprint density at radius 1 is 1.25 bits per heavy atom. The number of pyridine rings is 2. The van der Waals surface area contributed by atoms with Crippen molar-refractivity contribution in [3.05, 3.63) is 54.1 Å². The van der Waals surface area contributed by atoms with Gasteiger partial charge < -0.3 is 5.11 Å². The molecule has 2 rings (SSSR count). The van der Waals surface area contributed by atoms with E-state index in [1.807, 2.05) is 0 Å². The molecule has 0 amide bonds. The third-order valence-corrected chi connectivity index (χ3v) is 3.84. The maximum atomic E-state index is 11.9. The molecule has 7 nitrogen and oxygen atoms in total. The molecule has 20 heavy (non-hydrogen) atoms. The third kappa shape index (κ3) is 3.37. The lowest BCUT2D eigenvalue weighted by Gasteiger charge is -2.06. The highest BCUT2D eigenvalue weighted by Crippen LogP contribution is 2.07. The standard InChI is InChI=1S/C12H11N3O4S/c16-12(17)11-4-3-9(6-14-11)7-15-20(18,19)10-2-1-5-13-8-10/h1-6,8,15H,7H2,(H,16,17). The number of carboxylic acids is 1. The number of hydrogen-bond acceptors (Lipinski definition) is 5. The largest absolute Gasteiger partial charge is 0.477 e. The van der Waals surface area contributed by atoms with Gasteiger partial charge in [-0.3, -0.25) is 4.98 Å². The fraction of sp³-hybridized carbons (Fsp3) is 0.0833. The van der Waals surface area contributed by atoms with Gasteiger partial charge in [0.05, 0.1) is 0 Å². The van der Waals surface area contributed by atoms with Crippen LogP contribution >= 0.6 is 0 Å². The summed E-state index contributed by atoms with van der Waals surface area (Å²) in [5.41, 5.74) is 0.464. The molecule has 104 valence electrons. The first kappa shape index (κ1) is 14.1. The van der Waals surface area contributed by atoms with Gasteiger partial charge in [0.15, 0.2) is 0 Å². The van der Waals surface area contributed by atoms with Crippen molar-refractivity contribution in [3.8, 4) is 0 Å². The quantitative estimate of drug-likeness (QED) is 0.837. The van der Waals surface area contributed by atoms with Crippen molar-refractivity contribution in [2.75, 3.05) is 0 Å². The first-order valence-corrected chi connectivity index (χ1v) is 7.05. The summed E-state index contributed by atoms with van der Waals surface area (Å²) in [6.07, 6.45) is 4.04. The molecule has 0 bridgehead atoms. The summed E-state index contributed by atoms with van der Waals surface area (Å²) < 4.78 is 26.2. The van der Waals surface area contributed by atoms with Crippen molar-refractivity contribution in [3.63, 3.8) is 0 Å². The van der Waals surface area contributed by atoms with E-state index in [1.165, 1.54) is 42.9 Å². The molecular formula is C12H11N3O4S. The number of aromatic nitrogens is 2. The van der Waals surface area contributed by atoms with Crippen LogP contribution in [0.2, 0.25) is 0 Å². The molecule has 2 heterocycles. The number of rotatable bonds is 5. The van der Waals surface area contributed by atoms with Gasteiger partial charge in [-0.2, -0.15) is 0 Å². The zero-order valence-electron chi connectivity index (χ0n) is 10.2. The molecule has 2 aromatic rings. The monoisotopic (exact) mass is 293 g/mol.